The minimum atomic E-state index is -0.521. The summed E-state index contributed by atoms with van der Waals surface area (Å²) in [6.07, 6.45) is 0. The molecule has 31 heavy (non-hydrogen) atoms. The number of anilines is 2. The number of aryl methyl sites for hydroxylation is 2. The zero-order chi connectivity index (χ0) is 22.4. The topological polar surface area (TPSA) is 62.6 Å². The van der Waals surface area contributed by atoms with Gasteiger partial charge in [-0.2, -0.15) is 0 Å². The summed E-state index contributed by atoms with van der Waals surface area (Å²) in [4.78, 5) is 26.8. The molecule has 3 aromatic rings. The molecular formula is C26H30N3O2+. The molecule has 0 spiro atoms. The van der Waals surface area contributed by atoms with Gasteiger partial charge in [0.05, 0.1) is 7.05 Å². The van der Waals surface area contributed by atoms with Crippen LogP contribution in [0.25, 0.3) is 0 Å². The molecule has 0 bridgehead atoms. The maximum atomic E-state index is 13.2. The van der Waals surface area contributed by atoms with Crippen LogP contribution in [0, 0.1) is 20.8 Å². The third kappa shape index (κ3) is 5.80. The van der Waals surface area contributed by atoms with Crippen molar-refractivity contribution in [1.29, 1.82) is 0 Å². The van der Waals surface area contributed by atoms with Gasteiger partial charge in [0.15, 0.2) is 12.6 Å². The van der Waals surface area contributed by atoms with Crippen molar-refractivity contribution in [3.05, 3.63) is 95.1 Å². The molecule has 5 nitrogen and oxygen atoms in total. The van der Waals surface area contributed by atoms with Crippen LogP contribution in [0.1, 0.15) is 28.3 Å². The molecule has 0 fully saturated rings. The van der Waals surface area contributed by atoms with Crippen molar-refractivity contribution in [2.45, 2.75) is 26.8 Å². The van der Waals surface area contributed by atoms with Gasteiger partial charge in [-0.15, -0.1) is 0 Å². The smallest absolute Gasteiger partial charge is 0.287 e. The van der Waals surface area contributed by atoms with Gasteiger partial charge in [-0.25, -0.2) is 0 Å². The maximum Gasteiger partial charge on any atom is 0.287 e. The fourth-order valence-electron chi connectivity index (χ4n) is 3.59. The Kier molecular flexibility index (Phi) is 7.21. The Balaban J connectivity index is 1.76. The first-order valence-corrected chi connectivity index (χ1v) is 10.5. The van der Waals surface area contributed by atoms with Crippen molar-refractivity contribution in [1.82, 2.24) is 0 Å². The highest BCUT2D eigenvalue weighted by Crippen LogP contribution is 2.18. The first-order chi connectivity index (χ1) is 14.8. The molecule has 5 heteroatoms. The number of amides is 2. The van der Waals surface area contributed by atoms with Crippen LogP contribution in [0.2, 0.25) is 0 Å². The minimum Gasteiger partial charge on any atom is -0.321 e. The van der Waals surface area contributed by atoms with Crippen LogP contribution in [0.3, 0.4) is 0 Å². The van der Waals surface area contributed by atoms with Crippen LogP contribution < -0.4 is 15.5 Å². The molecule has 1 unspecified atom stereocenters. The Bertz CT molecular complexity index is 1050. The van der Waals surface area contributed by atoms with E-state index in [1.54, 1.807) is 0 Å². The van der Waals surface area contributed by atoms with Crippen LogP contribution in [0.4, 0.5) is 11.4 Å². The van der Waals surface area contributed by atoms with Crippen molar-refractivity contribution >= 4 is 23.2 Å². The normalized spacial score (nSPS) is 12.6. The van der Waals surface area contributed by atoms with Gasteiger partial charge in [-0.3, -0.25) is 9.59 Å². The second-order valence-electron chi connectivity index (χ2n) is 8.02. The summed E-state index contributed by atoms with van der Waals surface area (Å²) in [5, 5.41) is 5.99. The Morgan fingerprint density at radius 3 is 2.19 bits per heavy atom. The number of hydrogen-bond donors (Lipinski definition) is 3. The molecule has 0 aliphatic rings. The van der Waals surface area contributed by atoms with E-state index >= 15 is 0 Å². The SMILES string of the molecule is Cc1ccc(NC(=O)[C@@H](c2ccccc2)[NH+](C)CC(=O)Nc2cccc(C)c2C)cc1. The highest BCUT2D eigenvalue weighted by Gasteiger charge is 2.30. The molecule has 0 saturated carbocycles. The summed E-state index contributed by atoms with van der Waals surface area (Å²) >= 11 is 0. The van der Waals surface area contributed by atoms with Gasteiger partial charge in [-0.05, 0) is 50.1 Å². The first-order valence-electron chi connectivity index (χ1n) is 10.5. The first kappa shape index (κ1) is 22.2. The van der Waals surface area contributed by atoms with Gasteiger partial charge < -0.3 is 15.5 Å². The molecule has 3 rings (SSSR count). The third-order valence-electron chi connectivity index (χ3n) is 5.53. The van der Waals surface area contributed by atoms with Crippen LogP contribution in [-0.4, -0.2) is 25.4 Å². The molecule has 0 heterocycles. The number of carbonyl (C=O) groups excluding carboxylic acids is 2. The zero-order valence-corrected chi connectivity index (χ0v) is 18.5. The quantitative estimate of drug-likeness (QED) is 0.553. The highest BCUT2D eigenvalue weighted by atomic mass is 16.2. The van der Waals surface area contributed by atoms with Crippen molar-refractivity contribution in [3.8, 4) is 0 Å². The Morgan fingerprint density at radius 2 is 1.52 bits per heavy atom. The standard InChI is InChI=1S/C26H29N3O2/c1-18-13-15-22(16-14-18)27-26(31)25(21-10-6-5-7-11-21)29(4)17-24(30)28-23-12-8-9-19(2)20(23)3/h5-16,25H,17H2,1-4H3,(H,27,31)(H,28,30)/p+1/t25-/m1/s1. The van der Waals surface area contributed by atoms with E-state index in [2.05, 4.69) is 10.6 Å². The molecule has 3 aromatic carbocycles. The van der Waals surface area contributed by atoms with Crippen LogP contribution in [0.15, 0.2) is 72.8 Å². The van der Waals surface area contributed by atoms with E-state index in [4.69, 9.17) is 0 Å². The summed E-state index contributed by atoms with van der Waals surface area (Å²) in [6.45, 7) is 6.17. The van der Waals surface area contributed by atoms with Gasteiger partial charge in [0.2, 0.25) is 0 Å². The second kappa shape index (κ2) is 10.0. The van der Waals surface area contributed by atoms with Crippen LogP contribution in [-0.2, 0) is 9.59 Å². The summed E-state index contributed by atoms with van der Waals surface area (Å²) in [6, 6.07) is 22.6. The van der Waals surface area contributed by atoms with Crippen molar-refractivity contribution in [2.24, 2.45) is 0 Å². The number of benzene rings is 3. The van der Waals surface area contributed by atoms with Crippen LogP contribution in [0.5, 0.6) is 0 Å². The fourth-order valence-corrected chi connectivity index (χ4v) is 3.59. The van der Waals surface area contributed by atoms with Gasteiger partial charge in [-0.1, -0.05) is 60.2 Å². The molecule has 3 N–H and O–H groups in total. The molecular weight excluding hydrogens is 386 g/mol. The molecule has 0 radical (unpaired) electrons. The number of nitrogens with one attached hydrogen (secondary N) is 3. The zero-order valence-electron chi connectivity index (χ0n) is 18.5. The largest absolute Gasteiger partial charge is 0.321 e. The van der Waals surface area contributed by atoms with Crippen molar-refractivity contribution in [3.63, 3.8) is 0 Å². The van der Waals surface area contributed by atoms with Gasteiger partial charge in [0, 0.05) is 16.9 Å². The monoisotopic (exact) mass is 416 g/mol. The van der Waals surface area contributed by atoms with Gasteiger partial charge in [0.1, 0.15) is 0 Å². The van der Waals surface area contributed by atoms with Crippen LogP contribution >= 0.6 is 0 Å². The molecule has 0 aromatic heterocycles. The number of quaternary nitrogens is 1. The summed E-state index contributed by atoms with van der Waals surface area (Å²) < 4.78 is 0. The van der Waals surface area contributed by atoms with Crippen molar-refractivity contribution < 1.29 is 14.5 Å². The van der Waals surface area contributed by atoms with E-state index in [0.29, 0.717) is 0 Å². The summed E-state index contributed by atoms with van der Waals surface area (Å²) in [5.74, 6) is -0.276. The molecule has 0 aliphatic heterocycles. The molecule has 2 amide bonds. The maximum absolute atomic E-state index is 13.2. The molecule has 0 saturated heterocycles. The number of hydrogen-bond acceptors (Lipinski definition) is 2. The van der Waals surface area contributed by atoms with E-state index in [1.807, 2.05) is 101 Å². The van der Waals surface area contributed by atoms with E-state index < -0.39 is 6.04 Å². The summed E-state index contributed by atoms with van der Waals surface area (Å²) in [7, 11) is 1.87. The van der Waals surface area contributed by atoms with E-state index in [-0.39, 0.29) is 18.4 Å². The van der Waals surface area contributed by atoms with E-state index in [0.717, 1.165) is 38.5 Å². The minimum absolute atomic E-state index is 0.129. The third-order valence-corrected chi connectivity index (χ3v) is 5.53. The number of carbonyl (C=O) groups is 2. The number of likely N-dealkylation sites (N-methyl/N-ethyl adjacent to an activating group) is 1. The Labute approximate surface area is 184 Å². The average molecular weight is 417 g/mol. The summed E-state index contributed by atoms with van der Waals surface area (Å²) in [5.41, 5.74) is 5.71. The lowest BCUT2D eigenvalue weighted by Crippen LogP contribution is -3.11. The molecule has 160 valence electrons. The van der Waals surface area contributed by atoms with Gasteiger partial charge in [0.25, 0.3) is 11.8 Å². The Morgan fingerprint density at radius 1 is 0.839 bits per heavy atom. The predicted molar refractivity (Wildman–Crippen MR) is 125 cm³/mol. The van der Waals surface area contributed by atoms with E-state index in [9.17, 15) is 9.59 Å². The number of rotatable bonds is 7. The van der Waals surface area contributed by atoms with Gasteiger partial charge >= 0.3 is 0 Å². The lowest BCUT2D eigenvalue weighted by atomic mass is 10.0. The average Bonchev–Trinajstić information content (AvgIpc) is 2.74. The second-order valence-corrected chi connectivity index (χ2v) is 8.02. The fraction of sp³-hybridized carbons (Fsp3) is 0.231. The molecule has 2 atom stereocenters. The predicted octanol–water partition coefficient (Wildman–Crippen LogP) is 3.45. The highest BCUT2D eigenvalue weighted by molar-refractivity contribution is 5.95. The Hall–Kier alpha value is -3.44. The molecule has 0 aliphatic carbocycles. The van der Waals surface area contributed by atoms with Crippen molar-refractivity contribution in [2.75, 3.05) is 24.2 Å². The lowest BCUT2D eigenvalue weighted by molar-refractivity contribution is -0.893. The van der Waals surface area contributed by atoms with E-state index in [1.165, 1.54) is 0 Å². The lowest BCUT2D eigenvalue weighted by Gasteiger charge is -2.24.